The number of carboxylic acid groups (broad SMARTS) is 1. The van der Waals surface area contributed by atoms with Gasteiger partial charge in [0.15, 0.2) is 0 Å². The highest BCUT2D eigenvalue weighted by Crippen LogP contribution is 2.38. The first-order chi connectivity index (χ1) is 16.1. The molecule has 2 unspecified atom stereocenters. The number of ether oxygens (including phenoxy) is 1. The third kappa shape index (κ3) is 6.60. The van der Waals surface area contributed by atoms with Gasteiger partial charge in [-0.3, -0.25) is 9.59 Å². The Morgan fingerprint density at radius 2 is 2.00 bits per heavy atom. The van der Waals surface area contributed by atoms with Crippen molar-refractivity contribution in [1.29, 1.82) is 0 Å². The van der Waals surface area contributed by atoms with Crippen molar-refractivity contribution in [1.82, 2.24) is 4.98 Å². The first-order valence-electron chi connectivity index (χ1n) is 11.8. The summed E-state index contributed by atoms with van der Waals surface area (Å²) in [5.41, 5.74) is 1.47. The zero-order chi connectivity index (χ0) is 23.0. The molecule has 176 valence electrons. The monoisotopic (exact) mass is 452 g/mol. The molecule has 0 spiro atoms. The summed E-state index contributed by atoms with van der Waals surface area (Å²) in [6.07, 6.45) is 8.60. The van der Waals surface area contributed by atoms with Crippen LogP contribution in [-0.4, -0.2) is 40.7 Å². The number of aromatic nitrogens is 1. The first-order valence-corrected chi connectivity index (χ1v) is 11.8. The van der Waals surface area contributed by atoms with Crippen molar-refractivity contribution in [2.24, 2.45) is 5.92 Å². The Labute approximate surface area is 194 Å². The Kier molecular flexibility index (Phi) is 7.65. The quantitative estimate of drug-likeness (QED) is 0.443. The average Bonchev–Trinajstić information content (AvgIpc) is 2.81. The Morgan fingerprint density at radius 1 is 1.15 bits per heavy atom. The van der Waals surface area contributed by atoms with Gasteiger partial charge in [-0.15, -0.1) is 0 Å². The number of hydrogen-bond donors (Lipinski definition) is 4. The van der Waals surface area contributed by atoms with E-state index in [2.05, 4.69) is 20.9 Å². The summed E-state index contributed by atoms with van der Waals surface area (Å²) in [5, 5.41) is 18.9. The molecule has 0 saturated heterocycles. The molecule has 8 heteroatoms. The number of benzene rings is 1. The van der Waals surface area contributed by atoms with Gasteiger partial charge < -0.3 is 25.8 Å². The number of aliphatic carboxylic acids is 1. The molecule has 1 amide bonds. The van der Waals surface area contributed by atoms with Crippen LogP contribution in [0.4, 0.5) is 17.2 Å². The van der Waals surface area contributed by atoms with Crippen molar-refractivity contribution in [3.8, 4) is 5.75 Å². The smallest absolute Gasteiger partial charge is 0.307 e. The maximum Gasteiger partial charge on any atom is 0.307 e. The van der Waals surface area contributed by atoms with E-state index in [9.17, 15) is 14.7 Å². The lowest BCUT2D eigenvalue weighted by Crippen LogP contribution is -2.44. The van der Waals surface area contributed by atoms with Crippen LogP contribution in [-0.2, 0) is 9.59 Å². The van der Waals surface area contributed by atoms with E-state index in [4.69, 9.17) is 4.74 Å². The van der Waals surface area contributed by atoms with Gasteiger partial charge in [-0.05, 0) is 42.7 Å². The van der Waals surface area contributed by atoms with E-state index in [1.165, 1.54) is 32.1 Å². The van der Waals surface area contributed by atoms with Gasteiger partial charge in [0.1, 0.15) is 17.7 Å². The normalized spacial score (nSPS) is 20.1. The van der Waals surface area contributed by atoms with Gasteiger partial charge in [-0.1, -0.05) is 38.2 Å². The minimum absolute atomic E-state index is 0.0361. The molecule has 2 aromatic rings. The third-order valence-corrected chi connectivity index (χ3v) is 6.34. The highest BCUT2D eigenvalue weighted by molar-refractivity contribution is 5.92. The van der Waals surface area contributed by atoms with Gasteiger partial charge in [0, 0.05) is 24.8 Å². The van der Waals surface area contributed by atoms with Gasteiger partial charge in [0.25, 0.3) is 0 Å². The number of rotatable bonds is 9. The number of anilines is 3. The van der Waals surface area contributed by atoms with E-state index in [1.807, 2.05) is 24.3 Å². The van der Waals surface area contributed by atoms with Crippen LogP contribution < -0.4 is 20.7 Å². The number of nitrogens with zero attached hydrogens (tertiary/aromatic N) is 1. The van der Waals surface area contributed by atoms with Crippen LogP contribution in [0.15, 0.2) is 42.6 Å². The van der Waals surface area contributed by atoms with Crippen LogP contribution in [0.25, 0.3) is 0 Å². The van der Waals surface area contributed by atoms with E-state index in [0.29, 0.717) is 30.3 Å². The fourth-order valence-corrected chi connectivity index (χ4v) is 4.70. The van der Waals surface area contributed by atoms with E-state index < -0.39 is 12.1 Å². The molecule has 1 aromatic heterocycles. The van der Waals surface area contributed by atoms with Gasteiger partial charge in [0.2, 0.25) is 5.91 Å². The Bertz CT molecular complexity index is 947. The van der Waals surface area contributed by atoms with Gasteiger partial charge in [0.05, 0.1) is 18.2 Å². The Hall–Kier alpha value is -3.29. The zero-order valence-electron chi connectivity index (χ0n) is 18.8. The first kappa shape index (κ1) is 22.9. The summed E-state index contributed by atoms with van der Waals surface area (Å²) in [4.78, 5) is 28.0. The van der Waals surface area contributed by atoms with Crippen molar-refractivity contribution >= 4 is 29.1 Å². The highest BCUT2D eigenvalue weighted by atomic mass is 16.5. The Morgan fingerprint density at radius 3 is 2.76 bits per heavy atom. The number of carboxylic acids is 1. The van der Waals surface area contributed by atoms with Gasteiger partial charge in [-0.2, -0.15) is 0 Å². The number of fused-ring (bicyclic) bond motifs is 1. The predicted octanol–water partition coefficient (Wildman–Crippen LogP) is 4.51. The molecule has 1 saturated carbocycles. The molecule has 33 heavy (non-hydrogen) atoms. The molecule has 1 fully saturated rings. The molecule has 1 aliphatic heterocycles. The SMILES string of the molecule is O=C(O)CC1Oc2ccc(NC(=O)CCNc3ccccn3)cc2NC1CC1CCCCC1. The maximum atomic E-state index is 12.4. The molecule has 1 aliphatic carbocycles. The maximum absolute atomic E-state index is 12.4. The Balaban J connectivity index is 1.36. The van der Waals surface area contributed by atoms with Gasteiger partial charge in [-0.25, -0.2) is 4.98 Å². The summed E-state index contributed by atoms with van der Waals surface area (Å²) in [5.74, 6) is 0.989. The second kappa shape index (κ2) is 11.0. The minimum Gasteiger partial charge on any atom is -0.486 e. The van der Waals surface area contributed by atoms with Crippen molar-refractivity contribution in [3.05, 3.63) is 42.6 Å². The number of nitrogens with one attached hydrogen (secondary N) is 3. The van der Waals surface area contributed by atoms with Crippen molar-refractivity contribution in [2.75, 3.05) is 22.5 Å². The van der Waals surface area contributed by atoms with Crippen LogP contribution in [0.3, 0.4) is 0 Å². The summed E-state index contributed by atoms with van der Waals surface area (Å²) in [6, 6.07) is 11.0. The molecule has 2 atom stereocenters. The lowest BCUT2D eigenvalue weighted by Gasteiger charge is -2.37. The second-order valence-electron chi connectivity index (χ2n) is 8.90. The van der Waals surface area contributed by atoms with E-state index in [0.717, 1.165) is 17.9 Å². The summed E-state index contributed by atoms with van der Waals surface area (Å²) >= 11 is 0. The van der Waals surface area contributed by atoms with Crippen molar-refractivity contribution in [3.63, 3.8) is 0 Å². The van der Waals surface area contributed by atoms with Crippen LogP contribution in [0.5, 0.6) is 5.75 Å². The fourth-order valence-electron chi connectivity index (χ4n) is 4.70. The van der Waals surface area contributed by atoms with Crippen molar-refractivity contribution in [2.45, 2.75) is 63.5 Å². The predicted molar refractivity (Wildman–Crippen MR) is 128 cm³/mol. The zero-order valence-corrected chi connectivity index (χ0v) is 18.8. The molecule has 2 heterocycles. The van der Waals surface area contributed by atoms with Crippen LogP contribution in [0, 0.1) is 5.92 Å². The summed E-state index contributed by atoms with van der Waals surface area (Å²) in [7, 11) is 0. The number of hydrogen-bond acceptors (Lipinski definition) is 6. The van der Waals surface area contributed by atoms with Crippen LogP contribution >= 0.6 is 0 Å². The molecular formula is C25H32N4O4. The van der Waals surface area contributed by atoms with E-state index in [1.54, 1.807) is 18.3 Å². The van der Waals surface area contributed by atoms with Crippen LogP contribution in [0.2, 0.25) is 0 Å². The minimum atomic E-state index is -0.859. The molecular weight excluding hydrogens is 420 g/mol. The second-order valence-corrected chi connectivity index (χ2v) is 8.90. The molecule has 0 bridgehead atoms. The molecule has 0 radical (unpaired) electrons. The lowest BCUT2D eigenvalue weighted by molar-refractivity contribution is -0.139. The largest absolute Gasteiger partial charge is 0.486 e. The molecule has 4 rings (SSSR count). The van der Waals surface area contributed by atoms with Crippen LogP contribution in [0.1, 0.15) is 51.4 Å². The third-order valence-electron chi connectivity index (χ3n) is 6.34. The number of amides is 1. The molecule has 8 nitrogen and oxygen atoms in total. The average molecular weight is 453 g/mol. The molecule has 2 aliphatic rings. The summed E-state index contributed by atoms with van der Waals surface area (Å²) in [6.45, 7) is 0.482. The summed E-state index contributed by atoms with van der Waals surface area (Å²) < 4.78 is 6.10. The number of carbonyl (C=O) groups is 2. The van der Waals surface area contributed by atoms with E-state index >= 15 is 0 Å². The highest BCUT2D eigenvalue weighted by Gasteiger charge is 2.33. The van der Waals surface area contributed by atoms with Gasteiger partial charge >= 0.3 is 5.97 Å². The molecule has 1 aromatic carbocycles. The standard InChI is InChI=1S/C25H32N4O4/c30-24(11-13-27-23-8-4-5-12-26-23)28-18-9-10-21-20(15-18)29-19(22(33-21)16-25(31)32)14-17-6-2-1-3-7-17/h4-5,8-10,12,15,17,19,22,29H,1-3,6-7,11,13-14,16H2,(H,26,27)(H,28,30)(H,31,32). The lowest BCUT2D eigenvalue weighted by atomic mass is 9.83. The topological polar surface area (TPSA) is 113 Å². The fraction of sp³-hybridized carbons (Fsp3) is 0.480. The van der Waals surface area contributed by atoms with Crippen molar-refractivity contribution < 1.29 is 19.4 Å². The number of pyridine rings is 1. The van der Waals surface area contributed by atoms with E-state index in [-0.39, 0.29) is 18.4 Å². The molecule has 4 N–H and O–H groups in total. The number of carbonyl (C=O) groups excluding carboxylic acids is 1.